The first kappa shape index (κ1) is 23.3. The van der Waals surface area contributed by atoms with E-state index in [1.54, 1.807) is 61.7 Å². The molecule has 3 aromatic rings. The maximum Gasteiger partial charge on any atom is 0.271 e. The summed E-state index contributed by atoms with van der Waals surface area (Å²) < 4.78 is 16.0. The van der Waals surface area contributed by atoms with Crippen molar-refractivity contribution in [1.29, 1.82) is 0 Å². The summed E-state index contributed by atoms with van der Waals surface area (Å²) in [5.41, 5.74) is 5.40. The molecule has 0 aliphatic heterocycles. The highest BCUT2D eigenvalue weighted by atomic mass is 16.5. The smallest absolute Gasteiger partial charge is 0.271 e. The lowest BCUT2D eigenvalue weighted by atomic mass is 10.1. The monoisotopic (exact) mass is 447 g/mol. The molecule has 0 saturated heterocycles. The normalized spacial score (nSPS) is 10.5. The zero-order valence-electron chi connectivity index (χ0n) is 18.6. The van der Waals surface area contributed by atoms with E-state index < -0.39 is 0 Å². The minimum Gasteiger partial charge on any atom is -0.497 e. The summed E-state index contributed by atoms with van der Waals surface area (Å²) in [5, 5.41) is 6.73. The summed E-state index contributed by atoms with van der Waals surface area (Å²) in [6.07, 6.45) is 1.49. The quantitative estimate of drug-likeness (QED) is 0.384. The molecule has 2 N–H and O–H groups in total. The number of amides is 2. The first-order valence-electron chi connectivity index (χ1n) is 10.1. The third-order valence-corrected chi connectivity index (χ3v) is 4.61. The first-order chi connectivity index (χ1) is 16.0. The Hall–Kier alpha value is -4.33. The van der Waals surface area contributed by atoms with Crippen molar-refractivity contribution in [3.05, 3.63) is 83.4 Å². The molecule has 0 radical (unpaired) electrons. The Kier molecular flexibility index (Phi) is 8.02. The van der Waals surface area contributed by atoms with Crippen molar-refractivity contribution in [3.8, 4) is 17.2 Å². The number of anilines is 1. The molecule has 0 atom stereocenters. The van der Waals surface area contributed by atoms with E-state index in [-0.39, 0.29) is 18.4 Å². The van der Waals surface area contributed by atoms with E-state index in [0.717, 1.165) is 5.56 Å². The van der Waals surface area contributed by atoms with Crippen LogP contribution in [0.25, 0.3) is 0 Å². The number of carbonyl (C=O) groups is 2. The van der Waals surface area contributed by atoms with Crippen molar-refractivity contribution in [3.63, 3.8) is 0 Å². The topological polar surface area (TPSA) is 98.3 Å². The molecule has 3 rings (SSSR count). The molecular formula is C25H25N3O5. The Labute approximate surface area is 192 Å². The van der Waals surface area contributed by atoms with Crippen molar-refractivity contribution < 1.29 is 23.8 Å². The average molecular weight is 447 g/mol. The molecule has 0 bridgehead atoms. The number of methoxy groups -OCH3 is 2. The lowest BCUT2D eigenvalue weighted by molar-refractivity contribution is -0.118. The number of nitrogens with one attached hydrogen (secondary N) is 2. The Morgan fingerprint density at radius 1 is 0.909 bits per heavy atom. The predicted octanol–water partition coefficient (Wildman–Crippen LogP) is 3.79. The number of rotatable bonds is 9. The van der Waals surface area contributed by atoms with Crippen LogP contribution in [0.3, 0.4) is 0 Å². The lowest BCUT2D eigenvalue weighted by Crippen LogP contribution is -2.20. The van der Waals surface area contributed by atoms with Gasteiger partial charge in [0.15, 0.2) is 18.1 Å². The molecule has 0 fully saturated rings. The van der Waals surface area contributed by atoms with Gasteiger partial charge in [0.1, 0.15) is 5.75 Å². The van der Waals surface area contributed by atoms with Crippen LogP contribution in [0.5, 0.6) is 17.2 Å². The molecule has 0 unspecified atom stereocenters. The van der Waals surface area contributed by atoms with E-state index in [0.29, 0.717) is 34.1 Å². The number of hydrogen-bond acceptors (Lipinski definition) is 6. The SMILES string of the molecule is COc1ccc(NC(=O)COc2ccc(C=NNC(=O)c3ccc(C)cc3)cc2OC)cc1. The Bertz CT molecular complexity index is 1130. The summed E-state index contributed by atoms with van der Waals surface area (Å²) in [5.74, 6) is 0.921. The van der Waals surface area contributed by atoms with Crippen LogP contribution in [0.15, 0.2) is 71.8 Å². The van der Waals surface area contributed by atoms with Gasteiger partial charge >= 0.3 is 0 Å². The highest BCUT2D eigenvalue weighted by molar-refractivity contribution is 5.95. The van der Waals surface area contributed by atoms with E-state index in [1.165, 1.54) is 13.3 Å². The number of aryl methyl sites for hydroxylation is 1. The fourth-order valence-electron chi connectivity index (χ4n) is 2.83. The van der Waals surface area contributed by atoms with Gasteiger partial charge in [-0.2, -0.15) is 5.10 Å². The average Bonchev–Trinajstić information content (AvgIpc) is 2.84. The first-order valence-corrected chi connectivity index (χ1v) is 10.1. The molecular weight excluding hydrogens is 422 g/mol. The third kappa shape index (κ3) is 6.83. The maximum atomic E-state index is 12.2. The van der Waals surface area contributed by atoms with Gasteiger partial charge < -0.3 is 19.5 Å². The molecule has 0 aliphatic carbocycles. The number of nitrogens with zero attached hydrogens (tertiary/aromatic N) is 1. The second-order valence-corrected chi connectivity index (χ2v) is 7.04. The highest BCUT2D eigenvalue weighted by Gasteiger charge is 2.09. The predicted molar refractivity (Wildman–Crippen MR) is 126 cm³/mol. The molecule has 8 nitrogen and oxygen atoms in total. The largest absolute Gasteiger partial charge is 0.497 e. The minimum atomic E-state index is -0.313. The Morgan fingerprint density at radius 3 is 2.30 bits per heavy atom. The molecule has 33 heavy (non-hydrogen) atoms. The van der Waals surface area contributed by atoms with Crippen LogP contribution in [0.2, 0.25) is 0 Å². The van der Waals surface area contributed by atoms with Gasteiger partial charge in [0.2, 0.25) is 0 Å². The van der Waals surface area contributed by atoms with Gasteiger partial charge in [0.25, 0.3) is 11.8 Å². The second kappa shape index (κ2) is 11.3. The fourth-order valence-corrected chi connectivity index (χ4v) is 2.83. The number of ether oxygens (including phenoxy) is 3. The summed E-state index contributed by atoms with van der Waals surface area (Å²) in [6, 6.07) is 19.3. The lowest BCUT2D eigenvalue weighted by Gasteiger charge is -2.11. The Morgan fingerprint density at radius 2 is 1.64 bits per heavy atom. The van der Waals surface area contributed by atoms with E-state index in [2.05, 4.69) is 15.8 Å². The van der Waals surface area contributed by atoms with Crippen molar-refractivity contribution in [2.45, 2.75) is 6.92 Å². The summed E-state index contributed by atoms with van der Waals surface area (Å²) in [4.78, 5) is 24.3. The third-order valence-electron chi connectivity index (χ3n) is 4.61. The zero-order valence-corrected chi connectivity index (χ0v) is 18.6. The van der Waals surface area contributed by atoms with Gasteiger partial charge in [-0.25, -0.2) is 5.43 Å². The number of hydrogen-bond donors (Lipinski definition) is 2. The molecule has 0 aromatic heterocycles. The number of benzene rings is 3. The molecule has 0 heterocycles. The summed E-state index contributed by atoms with van der Waals surface area (Å²) in [6.45, 7) is 1.76. The van der Waals surface area contributed by atoms with E-state index >= 15 is 0 Å². The van der Waals surface area contributed by atoms with Crippen LogP contribution >= 0.6 is 0 Å². The second-order valence-electron chi connectivity index (χ2n) is 7.04. The van der Waals surface area contributed by atoms with Gasteiger partial charge in [-0.15, -0.1) is 0 Å². The zero-order chi connectivity index (χ0) is 23.6. The Balaban J connectivity index is 1.54. The van der Waals surface area contributed by atoms with Crippen LogP contribution in [0.1, 0.15) is 21.5 Å². The molecule has 3 aromatic carbocycles. The maximum absolute atomic E-state index is 12.2. The molecule has 170 valence electrons. The van der Waals surface area contributed by atoms with E-state index in [1.807, 2.05) is 19.1 Å². The van der Waals surface area contributed by atoms with Gasteiger partial charge in [0.05, 0.1) is 20.4 Å². The van der Waals surface area contributed by atoms with Crippen molar-refractivity contribution in [2.75, 3.05) is 26.1 Å². The standard InChI is InChI=1S/C25H25N3O5/c1-17-4-7-19(8-5-17)25(30)28-26-15-18-6-13-22(23(14-18)32-3)33-16-24(29)27-20-9-11-21(31-2)12-10-20/h4-15H,16H2,1-3H3,(H,27,29)(H,28,30). The van der Waals surface area contributed by atoms with Crippen molar-refractivity contribution in [2.24, 2.45) is 5.10 Å². The summed E-state index contributed by atoms with van der Waals surface area (Å²) >= 11 is 0. The van der Waals surface area contributed by atoms with Crippen LogP contribution in [0.4, 0.5) is 5.69 Å². The van der Waals surface area contributed by atoms with Crippen molar-refractivity contribution in [1.82, 2.24) is 5.43 Å². The van der Waals surface area contributed by atoms with Crippen LogP contribution < -0.4 is 25.0 Å². The molecule has 8 heteroatoms. The molecule has 0 aliphatic rings. The number of hydrazone groups is 1. The van der Waals surface area contributed by atoms with Crippen molar-refractivity contribution >= 4 is 23.7 Å². The van der Waals surface area contributed by atoms with E-state index in [4.69, 9.17) is 14.2 Å². The van der Waals surface area contributed by atoms with Crippen LogP contribution in [-0.2, 0) is 4.79 Å². The highest BCUT2D eigenvalue weighted by Crippen LogP contribution is 2.27. The van der Waals surface area contributed by atoms with Crippen LogP contribution in [-0.4, -0.2) is 38.9 Å². The fraction of sp³-hybridized carbons (Fsp3) is 0.160. The van der Waals surface area contributed by atoms with E-state index in [9.17, 15) is 9.59 Å². The minimum absolute atomic E-state index is 0.192. The molecule has 0 saturated carbocycles. The molecule has 2 amide bonds. The van der Waals surface area contributed by atoms with Gasteiger partial charge in [-0.3, -0.25) is 9.59 Å². The van der Waals surface area contributed by atoms with Gasteiger partial charge in [0, 0.05) is 11.3 Å². The van der Waals surface area contributed by atoms with Gasteiger partial charge in [-0.1, -0.05) is 17.7 Å². The summed E-state index contributed by atoms with van der Waals surface area (Å²) in [7, 11) is 3.08. The number of carbonyl (C=O) groups excluding carboxylic acids is 2. The van der Waals surface area contributed by atoms with Gasteiger partial charge in [-0.05, 0) is 67.1 Å². The van der Waals surface area contributed by atoms with Crippen LogP contribution in [0, 0.1) is 6.92 Å². The molecule has 0 spiro atoms.